The number of hydrogen-bond acceptors (Lipinski definition) is 3. The van der Waals surface area contributed by atoms with E-state index in [1.807, 2.05) is 11.3 Å². The van der Waals surface area contributed by atoms with Crippen LogP contribution in [-0.4, -0.2) is 9.97 Å². The Kier molecular flexibility index (Phi) is 6.61. The van der Waals surface area contributed by atoms with Crippen LogP contribution >= 0.6 is 11.3 Å². The molecule has 0 atom stereocenters. The van der Waals surface area contributed by atoms with E-state index in [2.05, 4.69) is 171 Å². The molecule has 2 heterocycles. The van der Waals surface area contributed by atoms with E-state index in [4.69, 9.17) is 9.97 Å². The van der Waals surface area contributed by atoms with E-state index in [-0.39, 0.29) is 0 Å². The molecule has 2 nitrogen and oxygen atoms in total. The van der Waals surface area contributed by atoms with Crippen molar-refractivity contribution in [2.75, 3.05) is 0 Å². The van der Waals surface area contributed by atoms with Gasteiger partial charge < -0.3 is 0 Å². The van der Waals surface area contributed by atoms with Crippen LogP contribution in [0, 0.1) is 6.92 Å². The smallest absolute Gasteiger partial charge is 0.0979 e. The van der Waals surface area contributed by atoms with Crippen LogP contribution in [0.25, 0.3) is 97.4 Å². The lowest BCUT2D eigenvalue weighted by Crippen LogP contribution is -1.97. The molecule has 234 valence electrons. The molecule has 0 aliphatic carbocycles. The molecule has 2 aromatic heterocycles. The first-order valence-electron chi connectivity index (χ1n) is 17.0. The summed E-state index contributed by atoms with van der Waals surface area (Å²) in [4.78, 5) is 10.5. The maximum atomic E-state index is 5.31. The molecule has 0 saturated heterocycles. The lowest BCUT2D eigenvalue weighted by Gasteiger charge is -2.13. The maximum absolute atomic E-state index is 5.31. The summed E-state index contributed by atoms with van der Waals surface area (Å²) in [5, 5.41) is 7.34. The number of hydrogen-bond donors (Lipinski definition) is 0. The molecule has 0 aliphatic heterocycles. The van der Waals surface area contributed by atoms with Crippen molar-refractivity contribution in [2.45, 2.75) is 6.92 Å². The minimum atomic E-state index is 0.918. The zero-order valence-corrected chi connectivity index (χ0v) is 28.2. The van der Waals surface area contributed by atoms with Crippen molar-refractivity contribution in [2.24, 2.45) is 0 Å². The highest BCUT2D eigenvalue weighted by atomic mass is 32.1. The fourth-order valence-electron chi connectivity index (χ4n) is 7.56. The quantitative estimate of drug-likeness (QED) is 0.177. The lowest BCUT2D eigenvalue weighted by atomic mass is 9.95. The monoisotopic (exact) mass is 654 g/mol. The predicted octanol–water partition coefficient (Wildman–Crippen LogP) is 13.3. The van der Waals surface area contributed by atoms with Crippen molar-refractivity contribution in [1.82, 2.24) is 9.97 Å². The molecule has 0 spiro atoms. The Morgan fingerprint density at radius 2 is 0.880 bits per heavy atom. The van der Waals surface area contributed by atoms with Gasteiger partial charge in [-0.3, -0.25) is 0 Å². The van der Waals surface area contributed by atoms with Gasteiger partial charge in [0.05, 0.1) is 22.4 Å². The van der Waals surface area contributed by atoms with Crippen molar-refractivity contribution >= 4 is 64.1 Å². The molecule has 0 radical (unpaired) electrons. The van der Waals surface area contributed by atoms with E-state index < -0.39 is 0 Å². The Labute approximate surface area is 294 Å². The van der Waals surface area contributed by atoms with Gasteiger partial charge in [-0.1, -0.05) is 146 Å². The Morgan fingerprint density at radius 1 is 0.380 bits per heavy atom. The Morgan fingerprint density at radius 3 is 1.56 bits per heavy atom. The highest BCUT2D eigenvalue weighted by molar-refractivity contribution is 7.26. The number of aryl methyl sites for hydroxylation is 1. The predicted molar refractivity (Wildman–Crippen MR) is 214 cm³/mol. The average Bonchev–Trinajstić information content (AvgIpc) is 3.57. The Hall–Kier alpha value is -6.16. The van der Waals surface area contributed by atoms with Crippen LogP contribution < -0.4 is 0 Å². The molecule has 8 aromatic carbocycles. The molecular formula is C47H30N2S. The average molecular weight is 655 g/mol. The van der Waals surface area contributed by atoms with Gasteiger partial charge in [-0.15, -0.1) is 11.3 Å². The highest BCUT2D eigenvalue weighted by Crippen LogP contribution is 2.41. The summed E-state index contributed by atoms with van der Waals surface area (Å²) in [5.74, 6) is 0. The number of aromatic nitrogens is 2. The van der Waals surface area contributed by atoms with Gasteiger partial charge in [-0.05, 0) is 69.3 Å². The number of rotatable bonds is 4. The minimum Gasteiger partial charge on any atom is -0.249 e. The van der Waals surface area contributed by atoms with E-state index in [0.717, 1.165) is 44.3 Å². The summed E-state index contributed by atoms with van der Waals surface area (Å²) < 4.78 is 2.67. The summed E-state index contributed by atoms with van der Waals surface area (Å²) in [6, 6.07) is 59.0. The lowest BCUT2D eigenvalue weighted by molar-refractivity contribution is 1.20. The summed E-state index contributed by atoms with van der Waals surface area (Å²) >= 11 is 1.88. The summed E-state index contributed by atoms with van der Waals surface area (Å²) in [7, 11) is 0. The van der Waals surface area contributed by atoms with Gasteiger partial charge in [0.15, 0.2) is 0 Å². The molecule has 10 rings (SSSR count). The topological polar surface area (TPSA) is 25.8 Å². The standard InChI is InChI=1S/C47H30N2S/c1-29-44(49-46-41-19-5-3-16-38(41)37-15-2-4-18-40(37)45(46)48-29)35-14-9-12-33(28-35)31-25-23-30(24-26-31)32-11-8-13-34(27-32)36-20-10-21-42-39-17-6-7-22-43(39)50-47(36)42/h2-28H,1H3. The van der Waals surface area contributed by atoms with Crippen molar-refractivity contribution in [3.63, 3.8) is 0 Å². The second-order valence-corrected chi connectivity index (χ2v) is 14.0. The third kappa shape index (κ3) is 4.62. The van der Waals surface area contributed by atoms with Crippen molar-refractivity contribution in [1.29, 1.82) is 0 Å². The van der Waals surface area contributed by atoms with Crippen LogP contribution in [0.4, 0.5) is 0 Å². The zero-order valence-electron chi connectivity index (χ0n) is 27.4. The normalized spacial score (nSPS) is 11.7. The molecule has 0 saturated carbocycles. The second-order valence-electron chi connectivity index (χ2n) is 13.0. The third-order valence-corrected chi connectivity index (χ3v) is 11.2. The van der Waals surface area contributed by atoms with Crippen LogP contribution in [0.2, 0.25) is 0 Å². The van der Waals surface area contributed by atoms with E-state index >= 15 is 0 Å². The van der Waals surface area contributed by atoms with Gasteiger partial charge in [-0.2, -0.15) is 0 Å². The second kappa shape index (κ2) is 11.5. The molecule has 0 unspecified atom stereocenters. The molecule has 0 bridgehead atoms. The van der Waals surface area contributed by atoms with E-state index in [9.17, 15) is 0 Å². The van der Waals surface area contributed by atoms with Crippen LogP contribution in [0.15, 0.2) is 164 Å². The first-order valence-corrected chi connectivity index (χ1v) is 17.8. The summed E-state index contributed by atoms with van der Waals surface area (Å²) in [6.07, 6.45) is 0. The van der Waals surface area contributed by atoms with E-state index in [1.54, 1.807) is 0 Å². The first kappa shape index (κ1) is 28.8. The van der Waals surface area contributed by atoms with Crippen LogP contribution in [0.5, 0.6) is 0 Å². The molecule has 0 amide bonds. The van der Waals surface area contributed by atoms with Gasteiger partial charge in [0, 0.05) is 36.5 Å². The molecule has 0 aliphatic rings. The van der Waals surface area contributed by atoms with Gasteiger partial charge in [0.2, 0.25) is 0 Å². The Bertz CT molecular complexity index is 2940. The van der Waals surface area contributed by atoms with Crippen LogP contribution in [-0.2, 0) is 0 Å². The SMILES string of the molecule is Cc1nc2c3ccccc3c3ccccc3c2nc1-c1cccc(-c2ccc(-c3cccc(-c4cccc5c4sc4ccccc45)c3)cc2)c1. The summed E-state index contributed by atoms with van der Waals surface area (Å²) in [5.41, 5.74) is 12.1. The first-order chi connectivity index (χ1) is 24.7. The zero-order chi connectivity index (χ0) is 33.2. The third-order valence-electron chi connectivity index (χ3n) is 9.99. The summed E-state index contributed by atoms with van der Waals surface area (Å²) in [6.45, 7) is 2.07. The van der Waals surface area contributed by atoms with Gasteiger partial charge in [0.25, 0.3) is 0 Å². The van der Waals surface area contributed by atoms with Crippen LogP contribution in [0.1, 0.15) is 5.69 Å². The van der Waals surface area contributed by atoms with Gasteiger partial charge >= 0.3 is 0 Å². The molecule has 0 N–H and O–H groups in total. The molecular weight excluding hydrogens is 625 g/mol. The minimum absolute atomic E-state index is 0.918. The van der Waals surface area contributed by atoms with Crippen molar-refractivity contribution in [3.05, 3.63) is 169 Å². The van der Waals surface area contributed by atoms with E-state index in [1.165, 1.54) is 58.8 Å². The fraction of sp³-hybridized carbons (Fsp3) is 0.0213. The number of nitrogens with zero attached hydrogens (tertiary/aromatic N) is 2. The molecule has 50 heavy (non-hydrogen) atoms. The number of fused-ring (bicyclic) bond motifs is 9. The largest absolute Gasteiger partial charge is 0.249 e. The van der Waals surface area contributed by atoms with Gasteiger partial charge in [-0.25, -0.2) is 9.97 Å². The number of benzene rings is 8. The Balaban J connectivity index is 1.01. The number of thiophene rings is 1. The molecule has 0 fully saturated rings. The highest BCUT2D eigenvalue weighted by Gasteiger charge is 2.15. The van der Waals surface area contributed by atoms with E-state index in [0.29, 0.717) is 0 Å². The van der Waals surface area contributed by atoms with Crippen molar-refractivity contribution in [3.8, 4) is 44.6 Å². The maximum Gasteiger partial charge on any atom is 0.0979 e. The van der Waals surface area contributed by atoms with Gasteiger partial charge in [0.1, 0.15) is 0 Å². The molecule has 3 heteroatoms. The van der Waals surface area contributed by atoms with Crippen LogP contribution in [0.3, 0.4) is 0 Å². The fourth-order valence-corrected chi connectivity index (χ4v) is 8.80. The van der Waals surface area contributed by atoms with Crippen molar-refractivity contribution < 1.29 is 0 Å². The molecule has 10 aromatic rings.